The highest BCUT2D eigenvalue weighted by Crippen LogP contribution is 2.31. The van der Waals surface area contributed by atoms with Gasteiger partial charge in [0.05, 0.1) is 17.3 Å². The van der Waals surface area contributed by atoms with Gasteiger partial charge in [-0.15, -0.1) is 0 Å². The summed E-state index contributed by atoms with van der Waals surface area (Å²) in [5.74, 6) is 0.480. The largest absolute Gasteiger partial charge is 0.490 e. The number of nitrogens with one attached hydrogen (secondary N) is 1. The van der Waals surface area contributed by atoms with Crippen LogP contribution in [0.15, 0.2) is 84.4 Å². The van der Waals surface area contributed by atoms with Crippen LogP contribution in [-0.2, 0) is 11.4 Å². The van der Waals surface area contributed by atoms with E-state index in [1.54, 1.807) is 30.3 Å². The van der Waals surface area contributed by atoms with Crippen LogP contribution in [0.25, 0.3) is 16.8 Å². The van der Waals surface area contributed by atoms with E-state index in [0.717, 1.165) is 16.3 Å². The highest BCUT2D eigenvalue weighted by Gasteiger charge is 2.14. The molecule has 0 saturated carbocycles. The molecule has 5 nitrogen and oxygen atoms in total. The Morgan fingerprint density at radius 2 is 1.78 bits per heavy atom. The maximum absolute atomic E-state index is 12.7. The molecule has 0 aliphatic rings. The van der Waals surface area contributed by atoms with Gasteiger partial charge in [-0.05, 0) is 65.2 Å². The third-order valence-corrected chi connectivity index (χ3v) is 5.95. The molecule has 0 fully saturated rings. The number of hydrogen-bond donors (Lipinski definition) is 1. The lowest BCUT2D eigenvalue weighted by molar-refractivity contribution is -0.112. The first-order chi connectivity index (χ1) is 17.5. The van der Waals surface area contributed by atoms with Crippen LogP contribution in [-0.4, -0.2) is 12.5 Å². The first-order valence-electron chi connectivity index (χ1n) is 11.2. The number of nitriles is 1. The van der Waals surface area contributed by atoms with Crippen molar-refractivity contribution in [2.24, 2.45) is 0 Å². The van der Waals surface area contributed by atoms with Gasteiger partial charge in [0.25, 0.3) is 5.91 Å². The first-order valence-corrected chi connectivity index (χ1v) is 12.0. The molecule has 1 amide bonds. The number of halogens is 2. The van der Waals surface area contributed by atoms with Crippen molar-refractivity contribution in [2.75, 3.05) is 11.9 Å². The van der Waals surface area contributed by atoms with Crippen LogP contribution in [0.2, 0.25) is 10.0 Å². The maximum atomic E-state index is 12.7. The summed E-state index contributed by atoms with van der Waals surface area (Å²) in [6, 6.07) is 26.1. The number of rotatable bonds is 8. The molecule has 0 aliphatic heterocycles. The van der Waals surface area contributed by atoms with E-state index in [9.17, 15) is 10.1 Å². The number of benzene rings is 4. The number of ether oxygens (including phenoxy) is 2. The molecule has 4 rings (SSSR count). The van der Waals surface area contributed by atoms with Crippen LogP contribution in [0, 0.1) is 11.3 Å². The number of amides is 1. The van der Waals surface area contributed by atoms with Crippen LogP contribution in [0.4, 0.5) is 5.69 Å². The lowest BCUT2D eigenvalue weighted by atomic mass is 10.1. The molecule has 7 heteroatoms. The van der Waals surface area contributed by atoms with Gasteiger partial charge in [0.15, 0.2) is 11.5 Å². The Labute approximate surface area is 219 Å². The van der Waals surface area contributed by atoms with Gasteiger partial charge in [0.2, 0.25) is 0 Å². The fourth-order valence-electron chi connectivity index (χ4n) is 3.67. The summed E-state index contributed by atoms with van der Waals surface area (Å²) in [5, 5.41) is 15.2. The van der Waals surface area contributed by atoms with E-state index in [1.807, 2.05) is 37.3 Å². The van der Waals surface area contributed by atoms with Gasteiger partial charge in [-0.2, -0.15) is 5.26 Å². The molecule has 4 aromatic rings. The van der Waals surface area contributed by atoms with Crippen molar-refractivity contribution in [3.8, 4) is 17.6 Å². The van der Waals surface area contributed by atoms with E-state index in [2.05, 4.69) is 23.5 Å². The quantitative estimate of drug-likeness (QED) is 0.192. The summed E-state index contributed by atoms with van der Waals surface area (Å²) in [7, 11) is 0. The lowest BCUT2D eigenvalue weighted by Gasteiger charge is -2.14. The van der Waals surface area contributed by atoms with E-state index in [4.69, 9.17) is 32.7 Å². The third kappa shape index (κ3) is 5.98. The maximum Gasteiger partial charge on any atom is 0.266 e. The van der Waals surface area contributed by atoms with Crippen molar-refractivity contribution in [2.45, 2.75) is 13.5 Å². The van der Waals surface area contributed by atoms with Crippen LogP contribution >= 0.6 is 23.2 Å². The van der Waals surface area contributed by atoms with E-state index < -0.39 is 5.91 Å². The lowest BCUT2D eigenvalue weighted by Crippen LogP contribution is -2.13. The SMILES string of the molecule is CCOc1cc(/C=C(/C#N)C(=O)Nc2cc(Cl)ccc2Cl)ccc1OCc1cccc2ccccc12. The number of nitrogens with zero attached hydrogens (tertiary/aromatic N) is 1. The molecule has 0 aliphatic carbocycles. The summed E-state index contributed by atoms with van der Waals surface area (Å²) in [5.41, 5.74) is 1.89. The van der Waals surface area contributed by atoms with Crippen LogP contribution in [0.3, 0.4) is 0 Å². The van der Waals surface area contributed by atoms with Crippen molar-refractivity contribution < 1.29 is 14.3 Å². The average Bonchev–Trinajstić information content (AvgIpc) is 2.89. The average molecular weight is 517 g/mol. The molecule has 0 unspecified atom stereocenters. The number of fused-ring (bicyclic) bond motifs is 1. The zero-order chi connectivity index (χ0) is 25.5. The molecule has 0 radical (unpaired) electrons. The minimum absolute atomic E-state index is 0.0992. The highest BCUT2D eigenvalue weighted by atomic mass is 35.5. The van der Waals surface area contributed by atoms with Gasteiger partial charge < -0.3 is 14.8 Å². The molecular weight excluding hydrogens is 495 g/mol. The summed E-state index contributed by atoms with van der Waals surface area (Å²) in [6.07, 6.45) is 1.48. The Bertz CT molecular complexity index is 1490. The molecule has 0 atom stereocenters. The molecule has 36 heavy (non-hydrogen) atoms. The minimum Gasteiger partial charge on any atom is -0.490 e. The second-order valence-corrected chi connectivity index (χ2v) is 8.66. The summed E-state index contributed by atoms with van der Waals surface area (Å²) in [4.78, 5) is 12.7. The zero-order valence-electron chi connectivity index (χ0n) is 19.4. The van der Waals surface area contributed by atoms with Crippen molar-refractivity contribution in [1.82, 2.24) is 0 Å². The van der Waals surface area contributed by atoms with Crippen LogP contribution in [0.1, 0.15) is 18.1 Å². The molecule has 0 spiro atoms. The highest BCUT2D eigenvalue weighted by molar-refractivity contribution is 6.36. The predicted molar refractivity (Wildman–Crippen MR) is 145 cm³/mol. The Morgan fingerprint density at radius 1 is 0.972 bits per heavy atom. The van der Waals surface area contributed by atoms with Crippen LogP contribution < -0.4 is 14.8 Å². The molecule has 0 heterocycles. The minimum atomic E-state index is -0.601. The molecule has 0 saturated heterocycles. The normalized spacial score (nSPS) is 11.1. The van der Waals surface area contributed by atoms with Crippen molar-refractivity contribution in [3.63, 3.8) is 0 Å². The van der Waals surface area contributed by atoms with Crippen molar-refractivity contribution >= 4 is 51.6 Å². The van der Waals surface area contributed by atoms with Crippen molar-refractivity contribution in [1.29, 1.82) is 5.26 Å². The zero-order valence-corrected chi connectivity index (χ0v) is 20.9. The monoisotopic (exact) mass is 516 g/mol. The molecule has 4 aromatic carbocycles. The second-order valence-electron chi connectivity index (χ2n) is 7.81. The van der Waals surface area contributed by atoms with Gasteiger partial charge in [-0.1, -0.05) is 71.7 Å². The Morgan fingerprint density at radius 3 is 2.58 bits per heavy atom. The van der Waals surface area contributed by atoms with Crippen LogP contribution in [0.5, 0.6) is 11.5 Å². The summed E-state index contributed by atoms with van der Waals surface area (Å²) in [6.45, 7) is 2.67. The number of carbonyl (C=O) groups excluding carboxylic acids is 1. The smallest absolute Gasteiger partial charge is 0.266 e. The fraction of sp³-hybridized carbons (Fsp3) is 0.103. The number of anilines is 1. The predicted octanol–water partition coefficient (Wildman–Crippen LogP) is 7.67. The van der Waals surface area contributed by atoms with Gasteiger partial charge >= 0.3 is 0 Å². The second kappa shape index (κ2) is 11.6. The molecule has 180 valence electrons. The number of hydrogen-bond acceptors (Lipinski definition) is 4. The van der Waals surface area contributed by atoms with E-state index >= 15 is 0 Å². The van der Waals surface area contributed by atoms with Gasteiger partial charge in [-0.3, -0.25) is 4.79 Å². The van der Waals surface area contributed by atoms with Gasteiger partial charge in [0.1, 0.15) is 18.2 Å². The van der Waals surface area contributed by atoms with Gasteiger partial charge in [0, 0.05) is 5.02 Å². The van der Waals surface area contributed by atoms with E-state index in [1.165, 1.54) is 12.1 Å². The van der Waals surface area contributed by atoms with Crippen molar-refractivity contribution in [3.05, 3.63) is 106 Å². The van der Waals surface area contributed by atoms with Gasteiger partial charge in [-0.25, -0.2) is 0 Å². The molecule has 1 N–H and O–H groups in total. The number of carbonyl (C=O) groups is 1. The Hall–Kier alpha value is -3.98. The molecule has 0 aromatic heterocycles. The Balaban J connectivity index is 1.55. The Kier molecular flexibility index (Phi) is 8.12. The summed E-state index contributed by atoms with van der Waals surface area (Å²) >= 11 is 12.1. The third-order valence-electron chi connectivity index (χ3n) is 5.38. The van der Waals surface area contributed by atoms with E-state index in [0.29, 0.717) is 46.0 Å². The molecule has 0 bridgehead atoms. The molecular formula is C29H22Cl2N2O3. The topological polar surface area (TPSA) is 71.3 Å². The van der Waals surface area contributed by atoms with E-state index in [-0.39, 0.29) is 5.57 Å². The first kappa shape index (κ1) is 25.1. The fourth-order valence-corrected chi connectivity index (χ4v) is 4.01. The summed E-state index contributed by atoms with van der Waals surface area (Å²) < 4.78 is 11.9. The standard InChI is InChI=1S/C29H22Cl2N2O3/c1-2-35-28-15-19(14-22(17-32)29(34)33-26-16-23(30)11-12-25(26)31)10-13-27(28)36-18-21-8-5-7-20-6-3-4-9-24(20)21/h3-16H,2,18H2,1H3,(H,33,34)/b22-14-.